The first-order chi connectivity index (χ1) is 15.8. The quantitative estimate of drug-likeness (QED) is 0.402. The smallest absolute Gasteiger partial charge is 0.271 e. The lowest BCUT2D eigenvalue weighted by Crippen LogP contribution is -2.51. The minimum absolute atomic E-state index is 0.0333. The van der Waals surface area contributed by atoms with Crippen molar-refractivity contribution in [3.8, 4) is 0 Å². The van der Waals surface area contributed by atoms with Gasteiger partial charge in [0.1, 0.15) is 12.6 Å². The van der Waals surface area contributed by atoms with Crippen molar-refractivity contribution in [2.45, 2.75) is 40.3 Å². The Kier molecular flexibility index (Phi) is 8.74. The third-order valence-electron chi connectivity index (χ3n) is 5.34. The number of nitro benzene ring substituents is 1. The van der Waals surface area contributed by atoms with Crippen LogP contribution in [0.15, 0.2) is 42.5 Å². The van der Waals surface area contributed by atoms with E-state index in [9.17, 15) is 28.1 Å². The summed E-state index contributed by atoms with van der Waals surface area (Å²) in [4.78, 5) is 37.9. The van der Waals surface area contributed by atoms with Crippen LogP contribution in [-0.2, 0) is 26.2 Å². The van der Waals surface area contributed by atoms with Crippen LogP contribution in [0.4, 0.5) is 11.4 Å². The molecule has 1 atom stereocenters. The fourth-order valence-corrected chi connectivity index (χ4v) is 4.27. The van der Waals surface area contributed by atoms with Gasteiger partial charge < -0.3 is 10.2 Å². The van der Waals surface area contributed by atoms with Crippen LogP contribution in [0.5, 0.6) is 0 Å². The van der Waals surface area contributed by atoms with Crippen molar-refractivity contribution in [3.05, 3.63) is 69.3 Å². The van der Waals surface area contributed by atoms with Crippen LogP contribution in [0.3, 0.4) is 0 Å². The number of aryl methyl sites for hydroxylation is 2. The van der Waals surface area contributed by atoms with Gasteiger partial charge in [0.25, 0.3) is 5.69 Å². The van der Waals surface area contributed by atoms with E-state index >= 15 is 0 Å². The topological polar surface area (TPSA) is 130 Å². The average Bonchev–Trinajstić information content (AvgIpc) is 2.76. The zero-order valence-electron chi connectivity index (χ0n) is 19.9. The molecule has 184 valence electrons. The number of hydrogen-bond donors (Lipinski definition) is 1. The van der Waals surface area contributed by atoms with Gasteiger partial charge in [-0.15, -0.1) is 0 Å². The van der Waals surface area contributed by atoms with Gasteiger partial charge >= 0.3 is 0 Å². The summed E-state index contributed by atoms with van der Waals surface area (Å²) in [5, 5.41) is 13.9. The molecule has 10 nitrogen and oxygen atoms in total. The molecule has 0 aliphatic heterocycles. The molecule has 0 aliphatic rings. The van der Waals surface area contributed by atoms with Crippen molar-refractivity contribution in [1.82, 2.24) is 10.2 Å². The van der Waals surface area contributed by atoms with Crippen LogP contribution >= 0.6 is 0 Å². The molecule has 1 unspecified atom stereocenters. The summed E-state index contributed by atoms with van der Waals surface area (Å²) in [5.74, 6) is -0.990. The highest BCUT2D eigenvalue weighted by Crippen LogP contribution is 2.28. The molecule has 0 fully saturated rings. The SMILES string of the molecule is CCNC(=O)C(C)N(Cc1ccc(C)cc1)C(=O)CN(c1cc([N+](=O)[O-])ccc1C)S(C)(=O)=O. The Morgan fingerprint density at radius 2 is 1.74 bits per heavy atom. The molecular weight excluding hydrogens is 460 g/mol. The van der Waals surface area contributed by atoms with Crippen LogP contribution in [0, 0.1) is 24.0 Å². The second-order valence-electron chi connectivity index (χ2n) is 8.08. The van der Waals surface area contributed by atoms with Crippen LogP contribution in [0.25, 0.3) is 0 Å². The molecule has 2 aromatic carbocycles. The van der Waals surface area contributed by atoms with E-state index in [4.69, 9.17) is 0 Å². The number of benzene rings is 2. The standard InChI is InChI=1S/C23H30N4O6S/c1-6-24-23(29)18(4)25(14-19-10-7-16(2)8-11-19)22(28)15-26(34(5,32)33)21-13-20(27(30)31)12-9-17(21)3/h7-13,18H,6,14-15H2,1-5H3,(H,24,29). The van der Waals surface area contributed by atoms with Gasteiger partial charge in [0.05, 0.1) is 16.9 Å². The van der Waals surface area contributed by atoms with E-state index in [0.717, 1.165) is 27.8 Å². The number of sulfonamides is 1. The van der Waals surface area contributed by atoms with E-state index in [1.807, 2.05) is 31.2 Å². The third-order valence-corrected chi connectivity index (χ3v) is 6.47. The zero-order chi connectivity index (χ0) is 25.6. The Hall–Kier alpha value is -3.47. The molecule has 11 heteroatoms. The predicted molar refractivity (Wildman–Crippen MR) is 130 cm³/mol. The van der Waals surface area contributed by atoms with Crippen molar-refractivity contribution < 1.29 is 22.9 Å². The largest absolute Gasteiger partial charge is 0.355 e. The van der Waals surface area contributed by atoms with Gasteiger partial charge in [-0.05, 0) is 38.8 Å². The summed E-state index contributed by atoms with van der Waals surface area (Å²) in [5.41, 5.74) is 1.99. The van der Waals surface area contributed by atoms with Crippen molar-refractivity contribution in [1.29, 1.82) is 0 Å². The molecule has 0 saturated heterocycles. The van der Waals surface area contributed by atoms with Gasteiger partial charge in [-0.1, -0.05) is 35.9 Å². The Morgan fingerprint density at radius 3 is 2.26 bits per heavy atom. The second-order valence-corrected chi connectivity index (χ2v) is 9.98. The molecule has 34 heavy (non-hydrogen) atoms. The summed E-state index contributed by atoms with van der Waals surface area (Å²) in [6.45, 7) is 6.70. The van der Waals surface area contributed by atoms with Gasteiger partial charge in [0, 0.05) is 25.2 Å². The van der Waals surface area contributed by atoms with E-state index in [0.29, 0.717) is 12.1 Å². The monoisotopic (exact) mass is 490 g/mol. The maximum absolute atomic E-state index is 13.4. The highest BCUT2D eigenvalue weighted by Gasteiger charge is 2.31. The Balaban J connectivity index is 2.46. The van der Waals surface area contributed by atoms with Gasteiger partial charge in [0.15, 0.2) is 0 Å². The number of rotatable bonds is 10. The molecule has 0 radical (unpaired) electrons. The number of carbonyl (C=O) groups is 2. The van der Waals surface area contributed by atoms with Gasteiger partial charge in [0.2, 0.25) is 21.8 Å². The molecule has 0 aromatic heterocycles. The number of nitro groups is 1. The van der Waals surface area contributed by atoms with Crippen molar-refractivity contribution in [2.75, 3.05) is 23.7 Å². The maximum Gasteiger partial charge on any atom is 0.271 e. The van der Waals surface area contributed by atoms with Gasteiger partial charge in [-0.2, -0.15) is 0 Å². The average molecular weight is 491 g/mol. The molecule has 1 N–H and O–H groups in total. The van der Waals surface area contributed by atoms with E-state index in [1.165, 1.54) is 17.0 Å². The molecular formula is C23H30N4O6S. The number of nitrogens with zero attached hydrogens (tertiary/aromatic N) is 3. The summed E-state index contributed by atoms with van der Waals surface area (Å²) in [6.07, 6.45) is 0.927. The zero-order valence-corrected chi connectivity index (χ0v) is 20.8. The van der Waals surface area contributed by atoms with Crippen molar-refractivity contribution in [3.63, 3.8) is 0 Å². The predicted octanol–water partition coefficient (Wildman–Crippen LogP) is 2.53. The van der Waals surface area contributed by atoms with E-state index in [-0.39, 0.29) is 23.8 Å². The third kappa shape index (κ3) is 6.77. The van der Waals surface area contributed by atoms with Crippen LogP contribution < -0.4 is 9.62 Å². The molecule has 0 spiro atoms. The number of nitrogens with one attached hydrogen (secondary N) is 1. The van der Waals surface area contributed by atoms with Crippen LogP contribution in [-0.4, -0.2) is 55.4 Å². The van der Waals surface area contributed by atoms with E-state index in [2.05, 4.69) is 5.32 Å². The Morgan fingerprint density at radius 1 is 1.12 bits per heavy atom. The molecule has 0 bridgehead atoms. The Labute approximate surface area is 199 Å². The molecule has 0 saturated carbocycles. The minimum atomic E-state index is -3.98. The van der Waals surface area contributed by atoms with E-state index in [1.54, 1.807) is 20.8 Å². The first-order valence-corrected chi connectivity index (χ1v) is 12.6. The number of anilines is 1. The number of non-ortho nitro benzene ring substituents is 1. The van der Waals surface area contributed by atoms with Crippen LogP contribution in [0.2, 0.25) is 0 Å². The van der Waals surface area contributed by atoms with Gasteiger partial charge in [-0.25, -0.2) is 8.42 Å². The van der Waals surface area contributed by atoms with E-state index < -0.39 is 33.4 Å². The second kappa shape index (κ2) is 11.1. The summed E-state index contributed by atoms with van der Waals surface area (Å²) in [7, 11) is -3.98. The minimum Gasteiger partial charge on any atom is -0.355 e. The lowest BCUT2D eigenvalue weighted by molar-refractivity contribution is -0.384. The van der Waals surface area contributed by atoms with Crippen molar-refractivity contribution in [2.24, 2.45) is 0 Å². The highest BCUT2D eigenvalue weighted by atomic mass is 32.2. The number of hydrogen-bond acceptors (Lipinski definition) is 6. The number of likely N-dealkylation sites (N-methyl/N-ethyl adjacent to an activating group) is 1. The first-order valence-electron chi connectivity index (χ1n) is 10.7. The normalized spacial score (nSPS) is 12.0. The lowest BCUT2D eigenvalue weighted by atomic mass is 10.1. The molecule has 2 amide bonds. The van der Waals surface area contributed by atoms with Gasteiger partial charge in [-0.3, -0.25) is 24.0 Å². The van der Waals surface area contributed by atoms with Crippen molar-refractivity contribution >= 4 is 33.2 Å². The molecule has 2 rings (SSSR count). The van der Waals surface area contributed by atoms with Crippen LogP contribution in [0.1, 0.15) is 30.5 Å². The summed E-state index contributed by atoms with van der Waals surface area (Å²) in [6, 6.07) is 10.4. The lowest BCUT2D eigenvalue weighted by Gasteiger charge is -2.31. The molecule has 2 aromatic rings. The summed E-state index contributed by atoms with van der Waals surface area (Å²) >= 11 is 0. The number of amides is 2. The Bertz CT molecular complexity index is 1160. The first kappa shape index (κ1) is 26.8. The summed E-state index contributed by atoms with van der Waals surface area (Å²) < 4.78 is 26.1. The fourth-order valence-electron chi connectivity index (χ4n) is 3.37. The highest BCUT2D eigenvalue weighted by molar-refractivity contribution is 7.92. The molecule has 0 aliphatic carbocycles. The maximum atomic E-state index is 13.4. The molecule has 0 heterocycles. The fraction of sp³-hybridized carbons (Fsp3) is 0.391. The number of carbonyl (C=O) groups excluding carboxylic acids is 2.